The van der Waals surface area contributed by atoms with Gasteiger partial charge in [-0.15, -0.1) is 0 Å². The van der Waals surface area contributed by atoms with E-state index in [1.165, 1.54) is 0 Å². The molecule has 1 fully saturated rings. The molecule has 15 heavy (non-hydrogen) atoms. The van der Waals surface area contributed by atoms with Crippen molar-refractivity contribution in [3.63, 3.8) is 0 Å². The molecule has 0 spiro atoms. The molecular weight excluding hydrogens is 214 g/mol. The summed E-state index contributed by atoms with van der Waals surface area (Å²) < 4.78 is 27.6. The molecule has 1 aliphatic heterocycles. The van der Waals surface area contributed by atoms with Crippen LogP contribution in [0.25, 0.3) is 0 Å². The Bertz CT molecular complexity index is 382. The van der Waals surface area contributed by atoms with Crippen LogP contribution in [-0.4, -0.2) is 44.5 Å². The molecule has 0 unspecified atom stereocenters. The predicted octanol–water partition coefficient (Wildman–Crippen LogP) is 0.552. The molecule has 1 aromatic heterocycles. The molecule has 84 valence electrons. The third kappa shape index (κ3) is 3.07. The molecule has 2 rings (SSSR count). The van der Waals surface area contributed by atoms with Crippen LogP contribution in [0.4, 0.5) is 0 Å². The normalized spacial score (nSPS) is 21.6. The lowest BCUT2D eigenvalue weighted by molar-refractivity contribution is 0.291. The van der Waals surface area contributed by atoms with Gasteiger partial charge in [0, 0.05) is 26.1 Å². The molecule has 0 bridgehead atoms. The molecule has 1 aliphatic rings. The van der Waals surface area contributed by atoms with Gasteiger partial charge in [-0.25, -0.2) is 8.42 Å². The smallest absolute Gasteiger partial charge is 0.152 e. The molecular formula is C10H15NO3S. The third-order valence-electron chi connectivity index (χ3n) is 2.69. The zero-order chi connectivity index (χ0) is 10.7. The fraction of sp³-hybridized carbons (Fsp3) is 0.600. The number of sulfone groups is 1. The van der Waals surface area contributed by atoms with Crippen LogP contribution in [0.2, 0.25) is 0 Å². The first kappa shape index (κ1) is 10.7. The van der Waals surface area contributed by atoms with Crippen LogP contribution in [0.1, 0.15) is 5.76 Å². The minimum absolute atomic E-state index is 0.297. The van der Waals surface area contributed by atoms with Crippen LogP contribution in [0.15, 0.2) is 22.8 Å². The Kier molecular flexibility index (Phi) is 3.11. The summed E-state index contributed by atoms with van der Waals surface area (Å²) in [6.45, 7) is 2.19. The summed E-state index contributed by atoms with van der Waals surface area (Å²) in [6, 6.07) is 3.82. The summed E-state index contributed by atoms with van der Waals surface area (Å²) in [7, 11) is -2.75. The van der Waals surface area contributed by atoms with Gasteiger partial charge in [0.05, 0.1) is 17.8 Å². The fourth-order valence-electron chi connectivity index (χ4n) is 1.70. The van der Waals surface area contributed by atoms with E-state index in [4.69, 9.17) is 4.42 Å². The zero-order valence-corrected chi connectivity index (χ0v) is 9.37. The van der Waals surface area contributed by atoms with Crippen molar-refractivity contribution in [2.45, 2.75) is 6.42 Å². The van der Waals surface area contributed by atoms with Crippen LogP contribution in [0, 0.1) is 0 Å². The largest absolute Gasteiger partial charge is 0.469 e. The van der Waals surface area contributed by atoms with Crippen molar-refractivity contribution in [1.82, 2.24) is 4.90 Å². The van der Waals surface area contributed by atoms with E-state index in [0.29, 0.717) is 24.6 Å². The average molecular weight is 229 g/mol. The van der Waals surface area contributed by atoms with E-state index in [-0.39, 0.29) is 0 Å². The lowest BCUT2D eigenvalue weighted by Crippen LogP contribution is -2.41. The van der Waals surface area contributed by atoms with Crippen molar-refractivity contribution >= 4 is 9.84 Å². The molecule has 0 N–H and O–H groups in total. The van der Waals surface area contributed by atoms with Crippen LogP contribution < -0.4 is 0 Å². The van der Waals surface area contributed by atoms with Crippen molar-refractivity contribution < 1.29 is 12.8 Å². The number of rotatable bonds is 3. The number of hydrogen-bond donors (Lipinski definition) is 0. The highest BCUT2D eigenvalue weighted by molar-refractivity contribution is 7.91. The van der Waals surface area contributed by atoms with Gasteiger partial charge in [-0.2, -0.15) is 0 Å². The molecule has 0 saturated carbocycles. The first-order valence-corrected chi connectivity index (χ1v) is 6.93. The summed E-state index contributed by atoms with van der Waals surface area (Å²) in [6.07, 6.45) is 2.52. The van der Waals surface area contributed by atoms with E-state index in [0.717, 1.165) is 18.7 Å². The molecule has 2 heterocycles. The monoisotopic (exact) mass is 229 g/mol. The minimum atomic E-state index is -2.75. The van der Waals surface area contributed by atoms with Crippen molar-refractivity contribution in [2.75, 3.05) is 31.1 Å². The van der Waals surface area contributed by atoms with Gasteiger partial charge in [-0.3, -0.25) is 0 Å². The van der Waals surface area contributed by atoms with E-state index >= 15 is 0 Å². The maximum atomic E-state index is 11.2. The van der Waals surface area contributed by atoms with Crippen LogP contribution in [-0.2, 0) is 16.3 Å². The summed E-state index contributed by atoms with van der Waals surface area (Å²) in [5, 5.41) is 0. The molecule has 5 heteroatoms. The van der Waals surface area contributed by atoms with Crippen molar-refractivity contribution in [3.05, 3.63) is 24.2 Å². The highest BCUT2D eigenvalue weighted by atomic mass is 32.2. The maximum Gasteiger partial charge on any atom is 0.152 e. The lowest BCUT2D eigenvalue weighted by atomic mass is 10.3. The molecule has 1 saturated heterocycles. The highest BCUT2D eigenvalue weighted by Gasteiger charge is 2.21. The van der Waals surface area contributed by atoms with Crippen LogP contribution in [0.3, 0.4) is 0 Å². The van der Waals surface area contributed by atoms with Gasteiger partial charge in [0.15, 0.2) is 9.84 Å². The second-order valence-electron chi connectivity index (χ2n) is 3.82. The second kappa shape index (κ2) is 4.37. The third-order valence-corrected chi connectivity index (χ3v) is 4.30. The highest BCUT2D eigenvalue weighted by Crippen LogP contribution is 2.06. The second-order valence-corrected chi connectivity index (χ2v) is 6.13. The Labute approximate surface area is 89.8 Å². The Morgan fingerprint density at radius 2 is 2.07 bits per heavy atom. The Morgan fingerprint density at radius 3 is 2.67 bits per heavy atom. The maximum absolute atomic E-state index is 11.2. The van der Waals surface area contributed by atoms with Gasteiger partial charge in [0.25, 0.3) is 0 Å². The van der Waals surface area contributed by atoms with Crippen LogP contribution >= 0.6 is 0 Å². The SMILES string of the molecule is O=S1(=O)CCN(CCc2ccco2)CC1. The molecule has 0 amide bonds. The van der Waals surface area contributed by atoms with Crippen LogP contribution in [0.5, 0.6) is 0 Å². The van der Waals surface area contributed by atoms with Crippen molar-refractivity contribution in [2.24, 2.45) is 0 Å². The lowest BCUT2D eigenvalue weighted by Gasteiger charge is -2.25. The summed E-state index contributed by atoms with van der Waals surface area (Å²) in [5.74, 6) is 1.56. The quantitative estimate of drug-likeness (QED) is 0.759. The molecule has 0 aromatic carbocycles. The molecule has 0 radical (unpaired) electrons. The Morgan fingerprint density at radius 1 is 1.33 bits per heavy atom. The van der Waals surface area contributed by atoms with Crippen molar-refractivity contribution in [3.8, 4) is 0 Å². The van der Waals surface area contributed by atoms with Gasteiger partial charge >= 0.3 is 0 Å². The van der Waals surface area contributed by atoms with E-state index < -0.39 is 9.84 Å². The first-order chi connectivity index (χ1) is 7.16. The number of furan rings is 1. The summed E-state index contributed by atoms with van der Waals surface area (Å²) in [5.41, 5.74) is 0. The van der Waals surface area contributed by atoms with Gasteiger partial charge in [0.1, 0.15) is 5.76 Å². The van der Waals surface area contributed by atoms with E-state index in [9.17, 15) is 8.42 Å². The standard InChI is InChI=1S/C10H15NO3S/c12-15(13)8-5-11(6-9-15)4-3-10-2-1-7-14-10/h1-2,7H,3-6,8-9H2. The molecule has 0 aliphatic carbocycles. The van der Waals surface area contributed by atoms with E-state index in [2.05, 4.69) is 4.90 Å². The van der Waals surface area contributed by atoms with Gasteiger partial charge in [-0.05, 0) is 12.1 Å². The molecule has 4 nitrogen and oxygen atoms in total. The number of hydrogen-bond acceptors (Lipinski definition) is 4. The van der Waals surface area contributed by atoms with E-state index in [1.807, 2.05) is 12.1 Å². The molecule has 0 atom stereocenters. The van der Waals surface area contributed by atoms with E-state index in [1.54, 1.807) is 6.26 Å². The molecule has 1 aromatic rings. The Balaban J connectivity index is 1.78. The van der Waals surface area contributed by atoms with Gasteiger partial charge < -0.3 is 9.32 Å². The predicted molar refractivity (Wildman–Crippen MR) is 57.5 cm³/mol. The van der Waals surface area contributed by atoms with Crippen molar-refractivity contribution in [1.29, 1.82) is 0 Å². The average Bonchev–Trinajstić information content (AvgIpc) is 2.69. The zero-order valence-electron chi connectivity index (χ0n) is 8.55. The van der Waals surface area contributed by atoms with Gasteiger partial charge in [0.2, 0.25) is 0 Å². The summed E-state index contributed by atoms with van der Waals surface area (Å²) >= 11 is 0. The minimum Gasteiger partial charge on any atom is -0.469 e. The Hall–Kier alpha value is -0.810. The number of nitrogens with zero attached hydrogens (tertiary/aromatic N) is 1. The van der Waals surface area contributed by atoms with Gasteiger partial charge in [-0.1, -0.05) is 0 Å². The topological polar surface area (TPSA) is 50.5 Å². The fourth-order valence-corrected chi connectivity index (χ4v) is 2.97. The first-order valence-electron chi connectivity index (χ1n) is 5.11. The summed E-state index contributed by atoms with van der Waals surface area (Å²) in [4.78, 5) is 2.17.